The van der Waals surface area contributed by atoms with Crippen LogP contribution in [0.25, 0.3) is 11.0 Å². The highest BCUT2D eigenvalue weighted by molar-refractivity contribution is 8.01. The van der Waals surface area contributed by atoms with E-state index in [0.29, 0.717) is 31.6 Å². The standard InChI is InChI=1S/C28H40N4O4S/c1-8-11-21-23-24(32(10-3)30-21)25(33)31(22(9-2)29-23)18-27(4,5)16-17-36-19-12-14-20(15-13-19)37-28(6,7)26(34)35/h12-15H,8-11,16-18H2,1-7H3,(H,34,35). The summed E-state index contributed by atoms with van der Waals surface area (Å²) in [4.78, 5) is 30.8. The van der Waals surface area contributed by atoms with E-state index in [1.807, 2.05) is 42.7 Å². The number of fused-ring (bicyclic) bond motifs is 1. The number of benzene rings is 1. The van der Waals surface area contributed by atoms with Gasteiger partial charge in [-0.3, -0.25) is 18.8 Å². The number of thioether (sulfide) groups is 1. The molecular weight excluding hydrogens is 488 g/mol. The molecule has 1 N–H and O–H groups in total. The van der Waals surface area contributed by atoms with Crippen molar-refractivity contribution in [3.05, 3.63) is 46.1 Å². The highest BCUT2D eigenvalue weighted by Gasteiger charge is 2.28. The molecule has 37 heavy (non-hydrogen) atoms. The second-order valence-corrected chi connectivity index (χ2v) is 12.3. The number of aromatic nitrogens is 4. The molecule has 0 saturated carbocycles. The summed E-state index contributed by atoms with van der Waals surface area (Å²) in [5.41, 5.74) is 2.02. The molecule has 0 fully saturated rings. The minimum atomic E-state index is -0.897. The lowest BCUT2D eigenvalue weighted by atomic mass is 9.89. The van der Waals surface area contributed by atoms with Crippen molar-refractivity contribution in [2.24, 2.45) is 5.41 Å². The van der Waals surface area contributed by atoms with Gasteiger partial charge in [0.2, 0.25) is 0 Å². The van der Waals surface area contributed by atoms with E-state index in [0.717, 1.165) is 46.9 Å². The summed E-state index contributed by atoms with van der Waals surface area (Å²) in [6, 6.07) is 7.50. The molecule has 3 aromatic rings. The third kappa shape index (κ3) is 6.74. The maximum Gasteiger partial charge on any atom is 0.319 e. The van der Waals surface area contributed by atoms with Gasteiger partial charge in [-0.15, -0.1) is 11.8 Å². The number of carbonyl (C=O) groups is 1. The number of nitrogens with zero attached hydrogens (tertiary/aromatic N) is 4. The van der Waals surface area contributed by atoms with Crippen LogP contribution in [-0.2, 0) is 30.7 Å². The monoisotopic (exact) mass is 528 g/mol. The molecule has 0 atom stereocenters. The van der Waals surface area contributed by atoms with Gasteiger partial charge >= 0.3 is 5.97 Å². The summed E-state index contributed by atoms with van der Waals surface area (Å²) in [6.07, 6.45) is 3.18. The molecule has 0 saturated heterocycles. The van der Waals surface area contributed by atoms with E-state index >= 15 is 0 Å². The van der Waals surface area contributed by atoms with Crippen LogP contribution in [-0.4, -0.2) is 41.8 Å². The maximum absolute atomic E-state index is 13.6. The van der Waals surface area contributed by atoms with Crippen molar-refractivity contribution in [3.8, 4) is 5.75 Å². The quantitative estimate of drug-likeness (QED) is 0.289. The molecule has 0 bridgehead atoms. The number of aryl methyl sites for hydroxylation is 3. The third-order valence-electron chi connectivity index (χ3n) is 6.45. The van der Waals surface area contributed by atoms with Crippen LogP contribution in [0.15, 0.2) is 34.0 Å². The van der Waals surface area contributed by atoms with Crippen molar-refractivity contribution in [3.63, 3.8) is 0 Å². The lowest BCUT2D eigenvalue weighted by molar-refractivity contribution is -0.138. The Kier molecular flexibility index (Phi) is 9.10. The fourth-order valence-electron chi connectivity index (χ4n) is 4.23. The SMILES string of the molecule is CCCc1nn(CC)c2c(=O)n(CC(C)(C)CCOc3ccc(SC(C)(C)C(=O)O)cc3)c(CC)nc12. The second-order valence-electron chi connectivity index (χ2n) is 10.6. The molecule has 0 amide bonds. The highest BCUT2D eigenvalue weighted by Crippen LogP contribution is 2.33. The first kappa shape index (κ1) is 28.8. The molecule has 8 nitrogen and oxygen atoms in total. The van der Waals surface area contributed by atoms with Crippen LogP contribution in [0, 0.1) is 5.41 Å². The fraction of sp³-hybridized carbons (Fsp3) is 0.571. The minimum absolute atomic E-state index is 0.0232. The number of ether oxygens (including phenoxy) is 1. The van der Waals surface area contributed by atoms with Gasteiger partial charge in [-0.25, -0.2) is 4.98 Å². The Hall–Kier alpha value is -2.81. The molecule has 2 heterocycles. The summed E-state index contributed by atoms with van der Waals surface area (Å²) in [7, 11) is 0. The van der Waals surface area contributed by atoms with Gasteiger partial charge < -0.3 is 9.84 Å². The number of carboxylic acid groups (broad SMARTS) is 1. The van der Waals surface area contributed by atoms with E-state index in [9.17, 15) is 14.7 Å². The Labute approximate surface area is 223 Å². The molecule has 0 spiro atoms. The highest BCUT2D eigenvalue weighted by atomic mass is 32.2. The van der Waals surface area contributed by atoms with Gasteiger partial charge in [-0.05, 0) is 63.3 Å². The van der Waals surface area contributed by atoms with Crippen LogP contribution in [0.3, 0.4) is 0 Å². The van der Waals surface area contributed by atoms with E-state index < -0.39 is 10.7 Å². The van der Waals surface area contributed by atoms with Gasteiger partial charge in [0.05, 0.1) is 12.3 Å². The molecule has 2 aromatic heterocycles. The van der Waals surface area contributed by atoms with Crippen molar-refractivity contribution in [2.75, 3.05) is 6.61 Å². The van der Waals surface area contributed by atoms with Crippen LogP contribution in [0.1, 0.15) is 72.8 Å². The normalized spacial score (nSPS) is 12.3. The Bertz CT molecular complexity index is 1290. The minimum Gasteiger partial charge on any atom is -0.494 e. The largest absolute Gasteiger partial charge is 0.494 e. The fourth-order valence-corrected chi connectivity index (χ4v) is 5.18. The first-order valence-electron chi connectivity index (χ1n) is 13.1. The van der Waals surface area contributed by atoms with E-state index in [1.165, 1.54) is 11.8 Å². The maximum atomic E-state index is 13.6. The predicted octanol–water partition coefficient (Wildman–Crippen LogP) is 5.58. The van der Waals surface area contributed by atoms with E-state index in [2.05, 4.69) is 25.9 Å². The molecule has 202 valence electrons. The Morgan fingerprint density at radius 3 is 2.35 bits per heavy atom. The van der Waals surface area contributed by atoms with Crippen molar-refractivity contribution >= 4 is 28.8 Å². The lowest BCUT2D eigenvalue weighted by Crippen LogP contribution is -2.33. The predicted molar refractivity (Wildman–Crippen MR) is 149 cm³/mol. The molecule has 0 radical (unpaired) electrons. The van der Waals surface area contributed by atoms with Crippen molar-refractivity contribution in [2.45, 2.75) is 96.9 Å². The molecule has 9 heteroatoms. The zero-order valence-corrected chi connectivity index (χ0v) is 23.9. The van der Waals surface area contributed by atoms with E-state index in [4.69, 9.17) is 9.72 Å². The Balaban J connectivity index is 1.72. The van der Waals surface area contributed by atoms with Crippen LogP contribution < -0.4 is 10.3 Å². The van der Waals surface area contributed by atoms with E-state index in [-0.39, 0.29) is 11.0 Å². The number of aliphatic carboxylic acids is 1. The average Bonchev–Trinajstić information content (AvgIpc) is 3.19. The van der Waals surface area contributed by atoms with Crippen molar-refractivity contribution in [1.82, 2.24) is 19.3 Å². The summed E-state index contributed by atoms with van der Waals surface area (Å²) in [6.45, 7) is 15.5. The van der Waals surface area contributed by atoms with Crippen LogP contribution in [0.5, 0.6) is 5.75 Å². The van der Waals surface area contributed by atoms with Gasteiger partial charge in [0, 0.05) is 24.4 Å². The zero-order valence-electron chi connectivity index (χ0n) is 23.1. The number of hydrogen-bond acceptors (Lipinski definition) is 6. The molecule has 0 aliphatic rings. The summed E-state index contributed by atoms with van der Waals surface area (Å²) < 4.78 is 8.71. The van der Waals surface area contributed by atoms with Crippen molar-refractivity contribution in [1.29, 1.82) is 0 Å². The van der Waals surface area contributed by atoms with Gasteiger partial charge in [-0.1, -0.05) is 34.1 Å². The van der Waals surface area contributed by atoms with E-state index in [1.54, 1.807) is 18.5 Å². The number of carboxylic acids is 1. The van der Waals surface area contributed by atoms with Gasteiger partial charge in [0.1, 0.15) is 21.8 Å². The lowest BCUT2D eigenvalue weighted by Gasteiger charge is -2.27. The summed E-state index contributed by atoms with van der Waals surface area (Å²) >= 11 is 1.30. The van der Waals surface area contributed by atoms with Crippen LogP contribution >= 0.6 is 11.8 Å². The topological polar surface area (TPSA) is 99.2 Å². The molecule has 3 rings (SSSR count). The second kappa shape index (κ2) is 11.7. The summed E-state index contributed by atoms with van der Waals surface area (Å²) in [5, 5.41) is 14.0. The number of hydrogen-bond donors (Lipinski definition) is 1. The third-order valence-corrected chi connectivity index (χ3v) is 7.64. The van der Waals surface area contributed by atoms with Gasteiger partial charge in [0.15, 0.2) is 5.52 Å². The van der Waals surface area contributed by atoms with Crippen molar-refractivity contribution < 1.29 is 14.6 Å². The van der Waals surface area contributed by atoms with Crippen LogP contribution in [0.2, 0.25) is 0 Å². The molecule has 1 aromatic carbocycles. The summed E-state index contributed by atoms with van der Waals surface area (Å²) in [5.74, 6) is 0.676. The van der Waals surface area contributed by atoms with Crippen LogP contribution in [0.4, 0.5) is 0 Å². The molecule has 0 aliphatic carbocycles. The number of rotatable bonds is 13. The van der Waals surface area contributed by atoms with Gasteiger partial charge in [-0.2, -0.15) is 5.10 Å². The van der Waals surface area contributed by atoms with Gasteiger partial charge in [0.25, 0.3) is 5.56 Å². The molecular formula is C28H40N4O4S. The average molecular weight is 529 g/mol. The first-order valence-corrected chi connectivity index (χ1v) is 13.9. The zero-order chi connectivity index (χ0) is 27.4. The Morgan fingerprint density at radius 2 is 1.78 bits per heavy atom. The smallest absolute Gasteiger partial charge is 0.319 e. The molecule has 0 unspecified atom stereocenters. The first-order chi connectivity index (χ1) is 17.4. The Morgan fingerprint density at radius 1 is 1.11 bits per heavy atom. The molecule has 0 aliphatic heterocycles.